The third kappa shape index (κ3) is 6.38. The molecule has 3 heterocycles. The topological polar surface area (TPSA) is 106 Å². The molecule has 1 aliphatic rings. The van der Waals surface area contributed by atoms with Gasteiger partial charge in [0.05, 0.1) is 42.8 Å². The van der Waals surface area contributed by atoms with Crippen LogP contribution in [-0.4, -0.2) is 50.3 Å². The number of ether oxygens (including phenoxy) is 2. The van der Waals surface area contributed by atoms with E-state index in [1.54, 1.807) is 0 Å². The molecule has 0 saturated heterocycles. The van der Waals surface area contributed by atoms with Crippen LogP contribution in [0.5, 0.6) is 5.75 Å². The van der Waals surface area contributed by atoms with Gasteiger partial charge in [0, 0.05) is 23.5 Å². The van der Waals surface area contributed by atoms with E-state index >= 15 is 0 Å². The van der Waals surface area contributed by atoms with Crippen LogP contribution in [0.4, 0.5) is 22.0 Å². The highest BCUT2D eigenvalue weighted by Crippen LogP contribution is 2.38. The Morgan fingerprint density at radius 1 is 1.05 bits per heavy atom. The van der Waals surface area contributed by atoms with Gasteiger partial charge >= 0.3 is 12.1 Å². The van der Waals surface area contributed by atoms with Gasteiger partial charge in [-0.05, 0) is 43.2 Å². The molecule has 5 rings (SSSR count). The minimum Gasteiger partial charge on any atom is -0.494 e. The summed E-state index contributed by atoms with van der Waals surface area (Å²) in [6, 6.07) is 6.10. The molecule has 14 heteroatoms. The van der Waals surface area contributed by atoms with Crippen molar-refractivity contribution in [2.75, 3.05) is 13.2 Å². The van der Waals surface area contributed by atoms with Gasteiger partial charge in [-0.15, -0.1) is 0 Å². The fraction of sp³-hybridized carbons (Fsp3) is 0.300. The van der Waals surface area contributed by atoms with Crippen LogP contribution in [0.1, 0.15) is 55.2 Å². The van der Waals surface area contributed by atoms with Gasteiger partial charge in [0.15, 0.2) is 23.5 Å². The third-order valence-electron chi connectivity index (χ3n) is 6.63. The van der Waals surface area contributed by atoms with E-state index in [4.69, 9.17) is 9.47 Å². The summed E-state index contributed by atoms with van der Waals surface area (Å²) in [6.45, 7) is 4.03. The Kier molecular flexibility index (Phi) is 8.88. The Labute approximate surface area is 248 Å². The number of hydrogen-bond donors (Lipinski definition) is 1. The predicted molar refractivity (Wildman–Crippen MR) is 149 cm³/mol. The number of benzene rings is 2. The van der Waals surface area contributed by atoms with Gasteiger partial charge in [0.2, 0.25) is 0 Å². The van der Waals surface area contributed by atoms with Crippen molar-refractivity contribution in [1.29, 1.82) is 0 Å². The molecule has 1 unspecified atom stereocenters. The number of hydrazone groups is 1. The lowest BCUT2D eigenvalue weighted by Crippen LogP contribution is -2.33. The molecule has 2 aromatic heterocycles. The number of carbonyl (C=O) groups is 1. The zero-order valence-electron chi connectivity index (χ0n) is 23.7. The first-order valence-electron chi connectivity index (χ1n) is 13.8. The molecule has 0 amide bonds. The number of nitrogens with one attached hydrogen (secondary N) is 1. The molecule has 4 aromatic rings. The molecule has 44 heavy (non-hydrogen) atoms. The van der Waals surface area contributed by atoms with Gasteiger partial charge in [-0.1, -0.05) is 19.9 Å². The maximum atomic E-state index is 14.4. The summed E-state index contributed by atoms with van der Waals surface area (Å²) in [5, 5.41) is 5.69. The normalized spacial score (nSPS) is 13.5. The van der Waals surface area contributed by atoms with Crippen molar-refractivity contribution < 1.29 is 36.2 Å². The third-order valence-corrected chi connectivity index (χ3v) is 6.63. The summed E-state index contributed by atoms with van der Waals surface area (Å²) in [4.78, 5) is 28.8. The first-order valence-corrected chi connectivity index (χ1v) is 13.8. The molecule has 0 aliphatic carbocycles. The summed E-state index contributed by atoms with van der Waals surface area (Å²) in [5.41, 5.74) is -0.264. The second kappa shape index (κ2) is 12.8. The van der Waals surface area contributed by atoms with E-state index < -0.39 is 35.4 Å². The number of alkyl halides is 3. The Morgan fingerprint density at radius 2 is 1.80 bits per heavy atom. The average molecular weight is 615 g/mol. The van der Waals surface area contributed by atoms with Gasteiger partial charge in [-0.25, -0.2) is 28.5 Å². The van der Waals surface area contributed by atoms with Crippen LogP contribution in [0, 0.1) is 11.6 Å². The van der Waals surface area contributed by atoms with Crippen LogP contribution in [0.2, 0.25) is 0 Å². The van der Waals surface area contributed by atoms with Crippen LogP contribution in [0.25, 0.3) is 22.8 Å². The Balaban J connectivity index is 1.45. The van der Waals surface area contributed by atoms with Crippen molar-refractivity contribution >= 4 is 12.2 Å². The lowest BCUT2D eigenvalue weighted by Gasteiger charge is -2.29. The van der Waals surface area contributed by atoms with Gasteiger partial charge < -0.3 is 14.5 Å². The molecule has 0 spiro atoms. The van der Waals surface area contributed by atoms with Crippen LogP contribution >= 0.6 is 0 Å². The first-order chi connectivity index (χ1) is 21.1. The van der Waals surface area contributed by atoms with Crippen molar-refractivity contribution in [2.24, 2.45) is 5.10 Å². The van der Waals surface area contributed by atoms with Crippen LogP contribution in [0.3, 0.4) is 0 Å². The Hall–Kier alpha value is -4.88. The second-order valence-electron chi connectivity index (χ2n) is 9.86. The summed E-state index contributed by atoms with van der Waals surface area (Å²) < 4.78 is 80.8. The number of H-pyrrole nitrogens is 1. The van der Waals surface area contributed by atoms with Crippen molar-refractivity contribution in [3.05, 3.63) is 82.9 Å². The zero-order valence-corrected chi connectivity index (χ0v) is 23.7. The number of halogens is 5. The van der Waals surface area contributed by atoms with Crippen LogP contribution in [-0.2, 0) is 22.3 Å². The second-order valence-corrected chi connectivity index (χ2v) is 9.86. The molecule has 0 fully saturated rings. The molecule has 0 radical (unpaired) electrons. The first kappa shape index (κ1) is 30.6. The summed E-state index contributed by atoms with van der Waals surface area (Å²) in [7, 11) is 0. The number of esters is 1. The lowest BCUT2D eigenvalue weighted by molar-refractivity contribution is -0.151. The van der Waals surface area contributed by atoms with Gasteiger partial charge in [0.25, 0.3) is 0 Å². The standard InChI is InChI=1S/C30H27F5N6O3/c1-3-10-43-18-8-9-19(21(12-18)30(33,34)35)27-36-13-17(14-37-27)26(29(42)44-11-4-2)41-16-24-23(15-38-41)39-28(40-24)20-6-5-7-22(31)25(20)32/h5-9,12-15,26H,3-4,10-11,16H2,1-2H3,(H,39,40). The molecule has 1 N–H and O–H groups in total. The highest BCUT2D eigenvalue weighted by molar-refractivity contribution is 5.82. The zero-order chi connectivity index (χ0) is 31.4. The fourth-order valence-corrected chi connectivity index (χ4v) is 4.55. The van der Waals surface area contributed by atoms with Gasteiger partial charge in [-0.2, -0.15) is 18.3 Å². The number of rotatable bonds is 10. The summed E-state index contributed by atoms with van der Waals surface area (Å²) in [6.07, 6.45) is 0.310. The summed E-state index contributed by atoms with van der Waals surface area (Å²) >= 11 is 0. The fourth-order valence-electron chi connectivity index (χ4n) is 4.55. The molecule has 1 aliphatic heterocycles. The van der Waals surface area contributed by atoms with Crippen molar-refractivity contribution in [3.63, 3.8) is 0 Å². The smallest absolute Gasteiger partial charge is 0.417 e. The lowest BCUT2D eigenvalue weighted by atomic mass is 10.0. The maximum absolute atomic E-state index is 14.4. The van der Waals surface area contributed by atoms with Crippen LogP contribution in [0.15, 0.2) is 53.9 Å². The van der Waals surface area contributed by atoms with Crippen molar-refractivity contribution in [2.45, 2.75) is 45.5 Å². The SMILES string of the molecule is CCCOC(=O)C(c1cnc(-c2ccc(OCCC)cc2C(F)(F)F)nc1)N1Cc2[nH]c(-c3cccc(F)c3F)nc2C=N1. The number of fused-ring (bicyclic) bond motifs is 1. The molecule has 1 atom stereocenters. The van der Waals surface area contributed by atoms with Crippen LogP contribution < -0.4 is 4.74 Å². The minimum absolute atomic E-state index is 0.0130. The molecule has 9 nitrogen and oxygen atoms in total. The highest BCUT2D eigenvalue weighted by Gasteiger charge is 2.36. The van der Waals surface area contributed by atoms with Gasteiger partial charge in [-0.3, -0.25) is 5.01 Å². The number of imidazole rings is 1. The number of aromatic amines is 1. The molecule has 0 bridgehead atoms. The van der Waals surface area contributed by atoms with E-state index in [9.17, 15) is 26.7 Å². The number of hydrogen-bond acceptors (Lipinski definition) is 8. The number of carbonyl (C=O) groups excluding carboxylic acids is 1. The van der Waals surface area contributed by atoms with E-state index in [0.717, 1.165) is 12.1 Å². The number of aromatic nitrogens is 4. The van der Waals surface area contributed by atoms with E-state index in [-0.39, 0.29) is 53.8 Å². The minimum atomic E-state index is -4.70. The predicted octanol–water partition coefficient (Wildman–Crippen LogP) is 6.46. The molecule has 230 valence electrons. The van der Waals surface area contributed by atoms with Crippen molar-refractivity contribution in [1.82, 2.24) is 24.9 Å². The highest BCUT2D eigenvalue weighted by atomic mass is 19.4. The Morgan fingerprint density at radius 3 is 2.50 bits per heavy atom. The summed E-state index contributed by atoms with van der Waals surface area (Å²) in [5.74, 6) is -2.84. The molecule has 0 saturated carbocycles. The molecule has 2 aromatic carbocycles. The van der Waals surface area contributed by atoms with Gasteiger partial charge in [0.1, 0.15) is 17.3 Å². The maximum Gasteiger partial charge on any atom is 0.417 e. The monoisotopic (exact) mass is 614 g/mol. The molecular formula is C30H27F5N6O3. The number of nitrogens with zero attached hydrogens (tertiary/aromatic N) is 5. The largest absolute Gasteiger partial charge is 0.494 e. The molecular weight excluding hydrogens is 587 g/mol. The van der Waals surface area contributed by atoms with E-state index in [2.05, 4.69) is 25.0 Å². The van der Waals surface area contributed by atoms with E-state index in [1.165, 1.54) is 47.9 Å². The van der Waals surface area contributed by atoms with E-state index in [1.807, 2.05) is 13.8 Å². The average Bonchev–Trinajstić information content (AvgIpc) is 3.43. The Bertz CT molecular complexity index is 1670. The van der Waals surface area contributed by atoms with Crippen molar-refractivity contribution in [3.8, 4) is 28.5 Å². The quantitative estimate of drug-likeness (QED) is 0.161. The van der Waals surface area contributed by atoms with E-state index in [0.29, 0.717) is 24.2 Å².